The Bertz CT molecular complexity index is 795. The second-order valence-corrected chi connectivity index (χ2v) is 6.05. The minimum Gasteiger partial charge on any atom is -0.484 e. The first-order chi connectivity index (χ1) is 12.0. The molecule has 0 spiro atoms. The van der Waals surface area contributed by atoms with Crippen LogP contribution in [-0.4, -0.2) is 12.9 Å². The zero-order chi connectivity index (χ0) is 17.8. The molecular formula is C18H15Cl2FO4. The summed E-state index contributed by atoms with van der Waals surface area (Å²) in [4.78, 5) is 0. The van der Waals surface area contributed by atoms with Crippen LogP contribution in [0.25, 0.3) is 0 Å². The van der Waals surface area contributed by atoms with Gasteiger partial charge in [0.05, 0.1) is 10.0 Å². The Morgan fingerprint density at radius 3 is 2.44 bits per heavy atom. The highest BCUT2D eigenvalue weighted by molar-refractivity contribution is 6.32. The van der Waals surface area contributed by atoms with E-state index in [0.29, 0.717) is 28.0 Å². The summed E-state index contributed by atoms with van der Waals surface area (Å²) in [5, 5.41) is 0.359. The van der Waals surface area contributed by atoms with E-state index in [0.717, 1.165) is 6.42 Å². The highest BCUT2D eigenvalue weighted by atomic mass is 35.5. The van der Waals surface area contributed by atoms with Gasteiger partial charge in [0.1, 0.15) is 35.9 Å². The van der Waals surface area contributed by atoms with Gasteiger partial charge in [-0.25, -0.2) is 4.39 Å². The van der Waals surface area contributed by atoms with E-state index in [1.807, 2.05) is 6.92 Å². The molecule has 2 aromatic rings. The van der Waals surface area contributed by atoms with E-state index < -0.39 is 5.82 Å². The highest BCUT2D eigenvalue weighted by Crippen LogP contribution is 2.33. The van der Waals surface area contributed by atoms with E-state index in [9.17, 15) is 4.39 Å². The van der Waals surface area contributed by atoms with Crippen LogP contribution in [0, 0.1) is 5.82 Å². The Hall–Kier alpha value is -2.11. The third-order valence-corrected chi connectivity index (χ3v) is 3.95. The van der Waals surface area contributed by atoms with Gasteiger partial charge in [0.25, 0.3) is 0 Å². The zero-order valence-corrected chi connectivity index (χ0v) is 14.8. The molecule has 1 heterocycles. The van der Waals surface area contributed by atoms with Gasteiger partial charge in [-0.15, -0.1) is 0 Å². The molecule has 0 amide bonds. The van der Waals surface area contributed by atoms with Crippen LogP contribution in [0.3, 0.4) is 0 Å². The average Bonchev–Trinajstić information content (AvgIpc) is 3.05. The molecule has 132 valence electrons. The van der Waals surface area contributed by atoms with E-state index >= 15 is 0 Å². The minimum atomic E-state index is -0.506. The molecule has 0 saturated heterocycles. The maximum atomic E-state index is 13.2. The van der Waals surface area contributed by atoms with Crippen LogP contribution in [0.2, 0.25) is 10.0 Å². The Morgan fingerprint density at radius 2 is 1.80 bits per heavy atom. The van der Waals surface area contributed by atoms with E-state index in [-0.39, 0.29) is 17.9 Å². The summed E-state index contributed by atoms with van der Waals surface area (Å²) in [6.45, 7) is 2.18. The van der Waals surface area contributed by atoms with Crippen molar-refractivity contribution in [3.8, 4) is 17.2 Å². The molecule has 0 aliphatic carbocycles. The number of hydrogen-bond acceptors (Lipinski definition) is 4. The van der Waals surface area contributed by atoms with Crippen LogP contribution in [0.5, 0.6) is 17.2 Å². The van der Waals surface area contributed by atoms with Crippen molar-refractivity contribution in [1.82, 2.24) is 0 Å². The van der Waals surface area contributed by atoms with Gasteiger partial charge in [-0.1, -0.05) is 30.1 Å². The Morgan fingerprint density at radius 1 is 1.08 bits per heavy atom. The Balaban J connectivity index is 1.61. The lowest BCUT2D eigenvalue weighted by Crippen LogP contribution is -2.09. The summed E-state index contributed by atoms with van der Waals surface area (Å²) in [5.74, 6) is 1.46. The zero-order valence-electron chi connectivity index (χ0n) is 13.3. The summed E-state index contributed by atoms with van der Waals surface area (Å²) < 4.78 is 35.2. The van der Waals surface area contributed by atoms with E-state index in [1.165, 1.54) is 24.5 Å². The Kier molecular flexibility index (Phi) is 5.56. The van der Waals surface area contributed by atoms with Gasteiger partial charge in [0.15, 0.2) is 5.76 Å². The number of ether oxygens (including phenoxy) is 4. The molecule has 0 radical (unpaired) electrons. The molecule has 2 aromatic carbocycles. The molecule has 0 aromatic heterocycles. The lowest BCUT2D eigenvalue weighted by Gasteiger charge is -2.12. The third-order valence-electron chi connectivity index (χ3n) is 3.37. The van der Waals surface area contributed by atoms with Gasteiger partial charge in [-0.05, 0) is 24.3 Å². The normalized spacial score (nSPS) is 16.0. The van der Waals surface area contributed by atoms with Crippen LogP contribution in [-0.2, 0) is 9.47 Å². The summed E-state index contributed by atoms with van der Waals surface area (Å²) in [6, 6.07) is 9.07. The van der Waals surface area contributed by atoms with Gasteiger partial charge in [0, 0.05) is 18.6 Å². The smallest absolute Gasteiger partial charge is 0.240 e. The van der Waals surface area contributed by atoms with Gasteiger partial charge in [0.2, 0.25) is 6.29 Å². The first kappa shape index (κ1) is 17.7. The second-order valence-electron chi connectivity index (χ2n) is 5.23. The van der Waals surface area contributed by atoms with Crippen LogP contribution in [0.4, 0.5) is 4.39 Å². The summed E-state index contributed by atoms with van der Waals surface area (Å²) in [6.07, 6.45) is 2.03. The van der Waals surface area contributed by atoms with Crippen molar-refractivity contribution in [3.63, 3.8) is 0 Å². The standard InChI is InChI=1S/C18H15Cl2FO4/c1-2-18-23-10-13(25-18)9-22-17-6-4-12(8-15(17)20)24-11-3-5-16(21)14(19)7-11/h3-8,10,18H,2,9H2,1H3. The Labute approximate surface area is 154 Å². The van der Waals surface area contributed by atoms with Crippen molar-refractivity contribution >= 4 is 23.2 Å². The van der Waals surface area contributed by atoms with Gasteiger partial charge in [-0.2, -0.15) is 0 Å². The molecule has 1 unspecified atom stereocenters. The number of rotatable bonds is 6. The fourth-order valence-corrected chi connectivity index (χ4v) is 2.51. The topological polar surface area (TPSA) is 36.9 Å². The van der Waals surface area contributed by atoms with Crippen LogP contribution >= 0.6 is 23.2 Å². The summed E-state index contributed by atoms with van der Waals surface area (Å²) >= 11 is 11.9. The van der Waals surface area contributed by atoms with Gasteiger partial charge < -0.3 is 18.9 Å². The average molecular weight is 385 g/mol. The van der Waals surface area contributed by atoms with Crippen molar-refractivity contribution in [2.24, 2.45) is 0 Å². The molecule has 1 aliphatic heterocycles. The predicted molar refractivity (Wildman–Crippen MR) is 92.8 cm³/mol. The molecule has 4 nitrogen and oxygen atoms in total. The quantitative estimate of drug-likeness (QED) is 0.618. The fourth-order valence-electron chi connectivity index (χ4n) is 2.11. The van der Waals surface area contributed by atoms with Crippen molar-refractivity contribution in [1.29, 1.82) is 0 Å². The maximum absolute atomic E-state index is 13.2. The third kappa shape index (κ3) is 4.50. The summed E-state index contributed by atoms with van der Waals surface area (Å²) in [5.41, 5.74) is 0. The molecule has 0 saturated carbocycles. The number of halogens is 3. The van der Waals surface area contributed by atoms with Crippen molar-refractivity contribution in [2.75, 3.05) is 6.61 Å². The SMILES string of the molecule is CCC1OC=C(COc2ccc(Oc3ccc(F)c(Cl)c3)cc2Cl)O1. The fraction of sp³-hybridized carbons (Fsp3) is 0.222. The van der Waals surface area contributed by atoms with Gasteiger partial charge >= 0.3 is 0 Å². The van der Waals surface area contributed by atoms with Crippen LogP contribution in [0.15, 0.2) is 48.4 Å². The molecule has 3 rings (SSSR count). The number of hydrogen-bond donors (Lipinski definition) is 0. The molecule has 7 heteroatoms. The molecule has 1 atom stereocenters. The predicted octanol–water partition coefficient (Wildman–Crippen LogP) is 5.93. The van der Waals surface area contributed by atoms with Crippen molar-refractivity contribution in [3.05, 3.63) is 64.3 Å². The van der Waals surface area contributed by atoms with E-state index in [2.05, 4.69) is 0 Å². The summed E-state index contributed by atoms with van der Waals surface area (Å²) in [7, 11) is 0. The lowest BCUT2D eigenvalue weighted by molar-refractivity contribution is -0.0375. The first-order valence-corrected chi connectivity index (χ1v) is 8.37. The van der Waals surface area contributed by atoms with Crippen LogP contribution < -0.4 is 9.47 Å². The van der Waals surface area contributed by atoms with Crippen molar-refractivity contribution < 1.29 is 23.3 Å². The molecule has 25 heavy (non-hydrogen) atoms. The molecular weight excluding hydrogens is 370 g/mol. The van der Waals surface area contributed by atoms with E-state index in [4.69, 9.17) is 42.1 Å². The minimum absolute atomic E-state index is 0.0130. The lowest BCUT2D eigenvalue weighted by atomic mass is 10.3. The van der Waals surface area contributed by atoms with Crippen LogP contribution in [0.1, 0.15) is 13.3 Å². The van der Waals surface area contributed by atoms with E-state index in [1.54, 1.807) is 18.2 Å². The monoisotopic (exact) mass is 384 g/mol. The number of benzene rings is 2. The molecule has 0 bridgehead atoms. The maximum Gasteiger partial charge on any atom is 0.240 e. The molecule has 1 aliphatic rings. The molecule has 0 N–H and O–H groups in total. The van der Waals surface area contributed by atoms with Crippen molar-refractivity contribution in [2.45, 2.75) is 19.6 Å². The largest absolute Gasteiger partial charge is 0.484 e. The molecule has 0 fully saturated rings. The first-order valence-electron chi connectivity index (χ1n) is 7.61. The highest BCUT2D eigenvalue weighted by Gasteiger charge is 2.18. The second kappa shape index (κ2) is 7.85. The van der Waals surface area contributed by atoms with Gasteiger partial charge in [-0.3, -0.25) is 0 Å².